The Hall–Kier alpha value is -2.88. The van der Waals surface area contributed by atoms with Crippen LogP contribution in [0.3, 0.4) is 0 Å². The smallest absolute Gasteiger partial charge is 0.332 e. The molecule has 1 saturated heterocycles. The molecule has 2 fully saturated rings. The van der Waals surface area contributed by atoms with Gasteiger partial charge >= 0.3 is 5.69 Å². The van der Waals surface area contributed by atoms with Gasteiger partial charge in [-0.2, -0.15) is 4.98 Å². The molecule has 0 spiro atoms. The van der Waals surface area contributed by atoms with Gasteiger partial charge in [0, 0.05) is 52.9 Å². The van der Waals surface area contributed by atoms with Gasteiger partial charge in [0.25, 0.3) is 5.56 Å². The first-order chi connectivity index (χ1) is 18.3. The van der Waals surface area contributed by atoms with Gasteiger partial charge in [-0.15, -0.1) is 0 Å². The van der Waals surface area contributed by atoms with Gasteiger partial charge < -0.3 is 19.7 Å². The fraction of sp³-hybridized carbons (Fsp3) is 0.714. The predicted octanol–water partition coefficient (Wildman–Crippen LogP) is 2.23. The van der Waals surface area contributed by atoms with E-state index in [0.717, 1.165) is 55.7 Å². The molecule has 2 aromatic rings. The van der Waals surface area contributed by atoms with Crippen LogP contribution < -0.4 is 21.5 Å². The molecule has 38 heavy (non-hydrogen) atoms. The van der Waals surface area contributed by atoms with Crippen LogP contribution in [0.4, 0.5) is 5.95 Å². The van der Waals surface area contributed by atoms with E-state index in [0.29, 0.717) is 35.7 Å². The molecule has 1 unspecified atom stereocenters. The summed E-state index contributed by atoms with van der Waals surface area (Å²) in [4.78, 5) is 48.2. The maximum absolute atomic E-state index is 13.8. The number of imidazole rings is 1. The van der Waals surface area contributed by atoms with Crippen LogP contribution >= 0.6 is 0 Å². The largest absolute Gasteiger partial charge is 0.347 e. The number of rotatable bonds is 7. The summed E-state index contributed by atoms with van der Waals surface area (Å²) in [6, 6.07) is 0.968. The van der Waals surface area contributed by atoms with E-state index in [1.807, 2.05) is 4.57 Å². The molecular weight excluding hydrogens is 482 g/mol. The standard InChI is InChI=1S/C28H43N7O3/c1-31(2)23(36)19-35-26(37)24-25(32(3)28(35)38)30-27(34(24)17-20-11-6-4-7-12-20)33-16-10-15-22(18-33)29-21-13-8-5-9-14-21/h6,11,20-22,29H,4-5,7-10,12-19H2,1-3H3/t20?,22-/m1/s1. The summed E-state index contributed by atoms with van der Waals surface area (Å²) in [6.07, 6.45) is 16.4. The SMILES string of the molecule is CN(C)C(=O)Cn1c(=O)c2c(nc(N3CCC[C@@H](NC4CCCCC4)C3)n2CC2C=CCCC2)n(C)c1=O. The molecule has 10 heteroatoms. The number of carbonyl (C=O) groups is 1. The lowest BCUT2D eigenvalue weighted by atomic mass is 9.94. The Labute approximate surface area is 224 Å². The number of piperidine rings is 1. The van der Waals surface area contributed by atoms with Crippen LogP contribution in [0.5, 0.6) is 0 Å². The van der Waals surface area contributed by atoms with Gasteiger partial charge in [-0.25, -0.2) is 9.36 Å². The van der Waals surface area contributed by atoms with Crippen molar-refractivity contribution in [2.24, 2.45) is 13.0 Å². The lowest BCUT2D eigenvalue weighted by Crippen LogP contribution is -2.50. The quantitative estimate of drug-likeness (QED) is 0.557. The van der Waals surface area contributed by atoms with Crippen LogP contribution in [0, 0.1) is 5.92 Å². The molecular formula is C28H43N7O3. The van der Waals surface area contributed by atoms with Crippen LogP contribution in [0.25, 0.3) is 11.2 Å². The molecule has 1 saturated carbocycles. The van der Waals surface area contributed by atoms with Crippen LogP contribution in [0.1, 0.15) is 64.2 Å². The minimum atomic E-state index is -0.512. The zero-order valence-corrected chi connectivity index (χ0v) is 23.2. The average molecular weight is 526 g/mol. The fourth-order valence-electron chi connectivity index (χ4n) is 6.36. The lowest BCUT2D eigenvalue weighted by Gasteiger charge is -2.37. The van der Waals surface area contributed by atoms with Crippen molar-refractivity contribution >= 4 is 23.0 Å². The van der Waals surface area contributed by atoms with Gasteiger partial charge in [-0.1, -0.05) is 31.4 Å². The second-order valence-corrected chi connectivity index (χ2v) is 11.6. The fourth-order valence-corrected chi connectivity index (χ4v) is 6.36. The van der Waals surface area contributed by atoms with Gasteiger partial charge in [0.05, 0.1) is 0 Å². The monoisotopic (exact) mass is 525 g/mol. The summed E-state index contributed by atoms with van der Waals surface area (Å²) < 4.78 is 4.53. The molecule has 5 rings (SSSR count). The Bertz CT molecular complexity index is 1300. The summed E-state index contributed by atoms with van der Waals surface area (Å²) in [6.45, 7) is 2.06. The van der Waals surface area contributed by atoms with Gasteiger partial charge in [-0.3, -0.25) is 14.2 Å². The first kappa shape index (κ1) is 26.7. The number of aryl methyl sites for hydroxylation is 1. The minimum Gasteiger partial charge on any atom is -0.347 e. The molecule has 2 atom stereocenters. The predicted molar refractivity (Wildman–Crippen MR) is 150 cm³/mol. The highest BCUT2D eigenvalue weighted by Crippen LogP contribution is 2.28. The Balaban J connectivity index is 1.55. The van der Waals surface area contributed by atoms with Crippen molar-refractivity contribution in [3.8, 4) is 0 Å². The van der Waals surface area contributed by atoms with Crippen molar-refractivity contribution in [3.63, 3.8) is 0 Å². The zero-order valence-electron chi connectivity index (χ0n) is 23.2. The molecule has 2 aliphatic carbocycles. The number of anilines is 1. The van der Waals surface area contributed by atoms with Crippen molar-refractivity contribution in [3.05, 3.63) is 33.0 Å². The number of amides is 1. The number of fused-ring (bicyclic) bond motifs is 1. The molecule has 1 N–H and O–H groups in total. The maximum Gasteiger partial charge on any atom is 0.332 e. The van der Waals surface area contributed by atoms with Crippen molar-refractivity contribution in [2.45, 2.75) is 89.4 Å². The highest BCUT2D eigenvalue weighted by atomic mass is 16.2. The molecule has 10 nitrogen and oxygen atoms in total. The number of hydrogen-bond donors (Lipinski definition) is 1. The normalized spacial score (nSPS) is 22.8. The summed E-state index contributed by atoms with van der Waals surface area (Å²) in [5, 5.41) is 3.91. The highest BCUT2D eigenvalue weighted by Gasteiger charge is 2.30. The molecule has 3 heterocycles. The maximum atomic E-state index is 13.8. The lowest BCUT2D eigenvalue weighted by molar-refractivity contribution is -0.129. The van der Waals surface area contributed by atoms with Crippen molar-refractivity contribution in [2.75, 3.05) is 32.1 Å². The summed E-state index contributed by atoms with van der Waals surface area (Å²) in [5.74, 6) is 0.768. The molecule has 1 amide bonds. The molecule has 0 aromatic carbocycles. The van der Waals surface area contributed by atoms with E-state index in [2.05, 4.69) is 22.4 Å². The van der Waals surface area contributed by atoms with Crippen molar-refractivity contribution in [1.82, 2.24) is 28.9 Å². The van der Waals surface area contributed by atoms with Crippen molar-refractivity contribution < 1.29 is 4.79 Å². The number of hydrogen-bond acceptors (Lipinski definition) is 6. The molecule has 2 aromatic heterocycles. The average Bonchev–Trinajstić information content (AvgIpc) is 3.30. The second-order valence-electron chi connectivity index (χ2n) is 11.6. The highest BCUT2D eigenvalue weighted by molar-refractivity contribution is 5.77. The molecule has 0 radical (unpaired) electrons. The van der Waals surface area contributed by atoms with E-state index < -0.39 is 11.2 Å². The third-order valence-corrected chi connectivity index (χ3v) is 8.56. The van der Waals surface area contributed by atoms with E-state index in [4.69, 9.17) is 4.98 Å². The number of aromatic nitrogens is 4. The molecule has 1 aliphatic heterocycles. The number of carbonyl (C=O) groups excluding carboxylic acids is 1. The van der Waals surface area contributed by atoms with E-state index in [-0.39, 0.29) is 12.5 Å². The number of nitrogens with one attached hydrogen (secondary N) is 1. The van der Waals surface area contributed by atoms with Crippen LogP contribution in [0.15, 0.2) is 21.7 Å². The van der Waals surface area contributed by atoms with E-state index in [9.17, 15) is 14.4 Å². The van der Waals surface area contributed by atoms with Gasteiger partial charge in [0.2, 0.25) is 11.9 Å². The second kappa shape index (κ2) is 11.5. The Morgan fingerprint density at radius 1 is 1.03 bits per heavy atom. The van der Waals surface area contributed by atoms with E-state index >= 15 is 0 Å². The number of allylic oxidation sites excluding steroid dienone is 2. The Morgan fingerprint density at radius 3 is 2.50 bits per heavy atom. The minimum absolute atomic E-state index is 0.282. The topological polar surface area (TPSA) is 97.4 Å². The number of likely N-dealkylation sites (N-methyl/N-ethyl adjacent to an activating group) is 1. The van der Waals surface area contributed by atoms with Gasteiger partial charge in [-0.05, 0) is 50.9 Å². The molecule has 208 valence electrons. The third-order valence-electron chi connectivity index (χ3n) is 8.56. The Kier molecular flexibility index (Phi) is 8.07. The summed E-state index contributed by atoms with van der Waals surface area (Å²) >= 11 is 0. The van der Waals surface area contributed by atoms with Crippen LogP contribution in [0.2, 0.25) is 0 Å². The van der Waals surface area contributed by atoms with Crippen LogP contribution in [-0.4, -0.2) is 68.8 Å². The Morgan fingerprint density at radius 2 is 1.79 bits per heavy atom. The van der Waals surface area contributed by atoms with E-state index in [1.165, 1.54) is 41.6 Å². The van der Waals surface area contributed by atoms with Crippen LogP contribution in [-0.2, 0) is 24.9 Å². The van der Waals surface area contributed by atoms with Gasteiger partial charge in [0.1, 0.15) is 6.54 Å². The van der Waals surface area contributed by atoms with Crippen molar-refractivity contribution in [1.29, 1.82) is 0 Å². The third kappa shape index (κ3) is 5.46. The zero-order chi connectivity index (χ0) is 26.8. The molecule has 3 aliphatic rings. The van der Waals surface area contributed by atoms with E-state index in [1.54, 1.807) is 21.1 Å². The summed E-state index contributed by atoms with van der Waals surface area (Å²) in [5.41, 5.74) is -0.145. The summed E-state index contributed by atoms with van der Waals surface area (Å²) in [7, 11) is 4.90. The first-order valence-electron chi connectivity index (χ1n) is 14.4. The van der Waals surface area contributed by atoms with Gasteiger partial charge in [0.15, 0.2) is 11.2 Å². The first-order valence-corrected chi connectivity index (χ1v) is 14.4. The number of nitrogens with zero attached hydrogens (tertiary/aromatic N) is 6. The molecule has 0 bridgehead atoms.